The second-order valence-electron chi connectivity index (χ2n) is 4.82. The fourth-order valence-electron chi connectivity index (χ4n) is 2.38. The lowest BCUT2D eigenvalue weighted by molar-refractivity contribution is -0.131. The van der Waals surface area contributed by atoms with Gasteiger partial charge in [-0.05, 0) is 17.1 Å². The molecule has 1 aromatic carbocycles. The van der Waals surface area contributed by atoms with Crippen LogP contribution in [0.25, 0.3) is 5.57 Å². The summed E-state index contributed by atoms with van der Waals surface area (Å²) in [4.78, 5) is 11.8. The SMILES string of the molecule is CC[C@H](C)[C@@H]1NC(=S)c2ccccc2/C1=C/C(=O)O. The van der Waals surface area contributed by atoms with Crippen LogP contribution in [0, 0.1) is 5.92 Å². The quantitative estimate of drug-likeness (QED) is 0.658. The molecule has 2 rings (SSSR count). The number of fused-ring (bicyclic) bond motifs is 1. The zero-order valence-corrected chi connectivity index (χ0v) is 11.8. The number of carboxylic acids is 1. The molecule has 1 heterocycles. The molecule has 3 nitrogen and oxygen atoms in total. The minimum atomic E-state index is -0.923. The van der Waals surface area contributed by atoms with Crippen molar-refractivity contribution in [3.63, 3.8) is 0 Å². The number of hydrogen-bond donors (Lipinski definition) is 2. The zero-order valence-electron chi connectivity index (χ0n) is 11.0. The van der Waals surface area contributed by atoms with Crippen molar-refractivity contribution in [2.45, 2.75) is 26.3 Å². The van der Waals surface area contributed by atoms with E-state index in [-0.39, 0.29) is 6.04 Å². The number of benzene rings is 1. The Morgan fingerprint density at radius 1 is 1.47 bits per heavy atom. The topological polar surface area (TPSA) is 49.3 Å². The van der Waals surface area contributed by atoms with Crippen molar-refractivity contribution in [2.24, 2.45) is 5.92 Å². The highest BCUT2D eigenvalue weighted by molar-refractivity contribution is 7.80. The first-order valence-corrected chi connectivity index (χ1v) is 6.80. The highest BCUT2D eigenvalue weighted by Crippen LogP contribution is 2.31. The van der Waals surface area contributed by atoms with E-state index >= 15 is 0 Å². The minimum Gasteiger partial charge on any atom is -0.478 e. The average molecular weight is 275 g/mol. The van der Waals surface area contributed by atoms with Gasteiger partial charge in [-0.3, -0.25) is 0 Å². The van der Waals surface area contributed by atoms with E-state index in [1.54, 1.807) is 0 Å². The van der Waals surface area contributed by atoms with Gasteiger partial charge in [0.15, 0.2) is 0 Å². The van der Waals surface area contributed by atoms with Crippen LogP contribution in [0.4, 0.5) is 0 Å². The normalized spacial score (nSPS) is 21.7. The third kappa shape index (κ3) is 2.68. The summed E-state index contributed by atoms with van der Waals surface area (Å²) in [5.41, 5.74) is 2.65. The molecule has 0 saturated heterocycles. The van der Waals surface area contributed by atoms with E-state index in [1.807, 2.05) is 24.3 Å². The van der Waals surface area contributed by atoms with Crippen molar-refractivity contribution in [3.8, 4) is 0 Å². The molecular formula is C15H17NO2S. The maximum Gasteiger partial charge on any atom is 0.328 e. The zero-order chi connectivity index (χ0) is 14.0. The first kappa shape index (κ1) is 13.7. The lowest BCUT2D eigenvalue weighted by Gasteiger charge is -2.33. The van der Waals surface area contributed by atoms with Crippen LogP contribution in [-0.2, 0) is 4.79 Å². The Bertz CT molecular complexity index is 551. The summed E-state index contributed by atoms with van der Waals surface area (Å²) in [5, 5.41) is 12.4. The highest BCUT2D eigenvalue weighted by atomic mass is 32.1. The van der Waals surface area contributed by atoms with Crippen molar-refractivity contribution in [1.82, 2.24) is 5.32 Å². The molecule has 0 radical (unpaired) electrons. The molecule has 1 aromatic rings. The van der Waals surface area contributed by atoms with E-state index < -0.39 is 5.97 Å². The Kier molecular flexibility index (Phi) is 4.00. The largest absolute Gasteiger partial charge is 0.478 e. The van der Waals surface area contributed by atoms with E-state index in [0.29, 0.717) is 10.9 Å². The third-order valence-corrected chi connectivity index (χ3v) is 3.93. The molecule has 1 aliphatic rings. The van der Waals surface area contributed by atoms with Crippen LogP contribution in [0.5, 0.6) is 0 Å². The summed E-state index contributed by atoms with van der Waals surface area (Å²) in [5.74, 6) is -0.607. The summed E-state index contributed by atoms with van der Waals surface area (Å²) in [6, 6.07) is 7.65. The third-order valence-electron chi connectivity index (χ3n) is 3.60. The second-order valence-corrected chi connectivity index (χ2v) is 5.23. The Labute approximate surface area is 118 Å². The number of aliphatic carboxylic acids is 1. The monoisotopic (exact) mass is 275 g/mol. The fraction of sp³-hybridized carbons (Fsp3) is 0.333. The molecule has 0 aliphatic carbocycles. The summed E-state index contributed by atoms with van der Waals surface area (Å²) in [6.45, 7) is 4.19. The van der Waals surface area contributed by atoms with E-state index in [2.05, 4.69) is 19.2 Å². The van der Waals surface area contributed by atoms with Gasteiger partial charge in [-0.2, -0.15) is 0 Å². The fourth-order valence-corrected chi connectivity index (χ4v) is 2.69. The molecule has 0 aromatic heterocycles. The number of thiocarbonyl (C=S) groups is 1. The van der Waals surface area contributed by atoms with Crippen molar-refractivity contribution in [1.29, 1.82) is 0 Å². The molecule has 19 heavy (non-hydrogen) atoms. The molecule has 0 unspecified atom stereocenters. The first-order valence-electron chi connectivity index (χ1n) is 6.39. The number of nitrogens with one attached hydrogen (secondary N) is 1. The maximum absolute atomic E-state index is 11.1. The molecule has 2 N–H and O–H groups in total. The van der Waals surface area contributed by atoms with Gasteiger partial charge in [0.1, 0.15) is 4.99 Å². The number of rotatable bonds is 3. The van der Waals surface area contributed by atoms with Gasteiger partial charge in [-0.15, -0.1) is 0 Å². The second kappa shape index (κ2) is 5.53. The molecule has 0 amide bonds. The molecule has 0 spiro atoms. The van der Waals surface area contributed by atoms with Gasteiger partial charge in [0.05, 0.1) is 6.04 Å². The van der Waals surface area contributed by atoms with Gasteiger partial charge in [0.2, 0.25) is 0 Å². The Morgan fingerprint density at radius 3 is 2.68 bits per heavy atom. The molecule has 2 atom stereocenters. The Hall–Kier alpha value is -1.68. The van der Waals surface area contributed by atoms with Crippen LogP contribution in [0.3, 0.4) is 0 Å². The van der Waals surface area contributed by atoms with Crippen LogP contribution in [0.2, 0.25) is 0 Å². The predicted molar refractivity (Wildman–Crippen MR) is 80.1 cm³/mol. The number of hydrogen-bond acceptors (Lipinski definition) is 2. The summed E-state index contributed by atoms with van der Waals surface area (Å²) in [7, 11) is 0. The average Bonchev–Trinajstić information content (AvgIpc) is 2.40. The molecule has 0 saturated carbocycles. The molecular weight excluding hydrogens is 258 g/mol. The van der Waals surface area contributed by atoms with E-state index in [1.165, 1.54) is 6.08 Å². The standard InChI is InChI=1S/C15H17NO2S/c1-3-9(2)14-12(8-13(17)18)10-6-4-5-7-11(10)15(19)16-14/h4-9,14H,3H2,1-2H3,(H,16,19)(H,17,18)/b12-8-/t9-,14-/m0/s1. The van der Waals surface area contributed by atoms with Crippen molar-refractivity contribution in [3.05, 3.63) is 41.5 Å². The van der Waals surface area contributed by atoms with Crippen LogP contribution in [-0.4, -0.2) is 22.1 Å². The van der Waals surface area contributed by atoms with Crippen molar-refractivity contribution < 1.29 is 9.90 Å². The number of carboxylic acid groups (broad SMARTS) is 1. The lowest BCUT2D eigenvalue weighted by atomic mass is 9.83. The molecule has 4 heteroatoms. The van der Waals surface area contributed by atoms with Crippen LogP contribution >= 0.6 is 12.2 Å². The number of carbonyl (C=O) groups is 1. The predicted octanol–water partition coefficient (Wildman–Crippen LogP) is 2.85. The molecule has 100 valence electrons. The van der Waals surface area contributed by atoms with E-state index in [9.17, 15) is 4.79 Å². The van der Waals surface area contributed by atoms with Crippen molar-refractivity contribution in [2.75, 3.05) is 0 Å². The first-order chi connectivity index (χ1) is 9.04. The lowest BCUT2D eigenvalue weighted by Crippen LogP contribution is -2.43. The van der Waals surface area contributed by atoms with Gasteiger partial charge in [-0.1, -0.05) is 56.8 Å². The van der Waals surface area contributed by atoms with E-state index in [0.717, 1.165) is 23.1 Å². The molecule has 0 bridgehead atoms. The Morgan fingerprint density at radius 2 is 2.11 bits per heavy atom. The maximum atomic E-state index is 11.1. The summed E-state index contributed by atoms with van der Waals surface area (Å²) < 4.78 is 0. The minimum absolute atomic E-state index is 0.0384. The van der Waals surface area contributed by atoms with Crippen LogP contribution < -0.4 is 5.32 Å². The summed E-state index contributed by atoms with van der Waals surface area (Å²) >= 11 is 5.39. The van der Waals surface area contributed by atoms with Crippen molar-refractivity contribution >= 4 is 28.7 Å². The highest BCUT2D eigenvalue weighted by Gasteiger charge is 2.29. The van der Waals surface area contributed by atoms with Gasteiger partial charge in [0.25, 0.3) is 0 Å². The molecule has 1 aliphatic heterocycles. The van der Waals surface area contributed by atoms with Crippen LogP contribution in [0.1, 0.15) is 31.4 Å². The molecule has 0 fully saturated rings. The summed E-state index contributed by atoms with van der Waals surface area (Å²) in [6.07, 6.45) is 2.25. The van der Waals surface area contributed by atoms with Gasteiger partial charge in [0, 0.05) is 11.6 Å². The van der Waals surface area contributed by atoms with Crippen LogP contribution in [0.15, 0.2) is 30.3 Å². The van der Waals surface area contributed by atoms with Gasteiger partial charge in [-0.25, -0.2) is 4.79 Å². The van der Waals surface area contributed by atoms with E-state index in [4.69, 9.17) is 17.3 Å². The smallest absolute Gasteiger partial charge is 0.328 e. The Balaban J connectivity index is 2.57. The van der Waals surface area contributed by atoms with Gasteiger partial charge >= 0.3 is 5.97 Å². The van der Waals surface area contributed by atoms with Gasteiger partial charge < -0.3 is 10.4 Å².